The zero-order valence-electron chi connectivity index (χ0n) is 11.1. The molecule has 2 rings (SSSR count). The van der Waals surface area contributed by atoms with Crippen molar-refractivity contribution < 1.29 is 9.90 Å². The first-order chi connectivity index (χ1) is 9.04. The van der Waals surface area contributed by atoms with Gasteiger partial charge in [-0.1, -0.05) is 12.1 Å². The molecule has 5 heteroatoms. The molecule has 5 nitrogen and oxygen atoms in total. The second-order valence-electron chi connectivity index (χ2n) is 5.37. The van der Waals surface area contributed by atoms with Crippen LogP contribution in [0.3, 0.4) is 0 Å². The minimum atomic E-state index is -0.558. The number of aliphatic hydroxyl groups is 1. The molecule has 1 unspecified atom stereocenters. The minimum Gasteiger partial charge on any atom is -0.396 e. The van der Waals surface area contributed by atoms with Crippen molar-refractivity contribution in [3.8, 4) is 0 Å². The summed E-state index contributed by atoms with van der Waals surface area (Å²) in [5.74, 6) is 0. The van der Waals surface area contributed by atoms with Crippen LogP contribution in [0, 0.1) is 5.41 Å². The summed E-state index contributed by atoms with van der Waals surface area (Å²) >= 11 is 0. The number of carbonyl (C=O) groups excluding carboxylic acids is 1. The number of urea groups is 1. The van der Waals surface area contributed by atoms with Crippen LogP contribution in [0.5, 0.6) is 0 Å². The molecule has 2 amide bonds. The van der Waals surface area contributed by atoms with E-state index in [1.807, 2.05) is 24.3 Å². The van der Waals surface area contributed by atoms with Crippen LogP contribution in [0.2, 0.25) is 0 Å². The maximum atomic E-state index is 10.7. The second kappa shape index (κ2) is 5.59. The van der Waals surface area contributed by atoms with Gasteiger partial charge in [-0.3, -0.25) is 0 Å². The Hall–Kier alpha value is -1.59. The van der Waals surface area contributed by atoms with Gasteiger partial charge in [-0.25, -0.2) is 4.79 Å². The normalized spacial score (nSPS) is 17.8. The fourth-order valence-electron chi connectivity index (χ4n) is 2.05. The third-order valence-electron chi connectivity index (χ3n) is 3.75. The predicted molar refractivity (Wildman–Crippen MR) is 74.8 cm³/mol. The molecular weight excluding hydrogens is 242 g/mol. The first-order valence-electron chi connectivity index (χ1n) is 6.55. The summed E-state index contributed by atoms with van der Waals surface area (Å²) in [6.07, 6.45) is 2.20. The van der Waals surface area contributed by atoms with Gasteiger partial charge in [-0.15, -0.1) is 0 Å². The van der Waals surface area contributed by atoms with E-state index in [0.717, 1.165) is 24.9 Å². The molecule has 5 N–H and O–H groups in total. The molecule has 19 heavy (non-hydrogen) atoms. The number of aliphatic hydroxyl groups excluding tert-OH is 1. The van der Waals surface area contributed by atoms with Crippen molar-refractivity contribution >= 4 is 11.7 Å². The Morgan fingerprint density at radius 2 is 2.05 bits per heavy atom. The van der Waals surface area contributed by atoms with E-state index in [4.69, 9.17) is 5.73 Å². The molecule has 0 radical (unpaired) electrons. The SMILES string of the molecule is CC(NCC1(CO)CC1)c1ccc(NC(N)=O)cc1. The standard InChI is InChI=1S/C14H21N3O2/c1-10(16-8-14(9-18)6-7-14)11-2-4-12(5-3-11)17-13(15)19/h2-5,10,16,18H,6-9H2,1H3,(H3,15,17,19). The molecule has 0 aromatic heterocycles. The van der Waals surface area contributed by atoms with Crippen molar-refractivity contribution in [2.24, 2.45) is 11.1 Å². The third-order valence-corrected chi connectivity index (χ3v) is 3.75. The molecule has 0 heterocycles. The van der Waals surface area contributed by atoms with Crippen LogP contribution in [0.15, 0.2) is 24.3 Å². The van der Waals surface area contributed by atoms with Gasteiger partial charge in [-0.05, 0) is 37.5 Å². The quantitative estimate of drug-likeness (QED) is 0.628. The summed E-state index contributed by atoms with van der Waals surface area (Å²) in [5, 5.41) is 15.2. The van der Waals surface area contributed by atoms with E-state index in [-0.39, 0.29) is 18.1 Å². The third kappa shape index (κ3) is 3.68. The first-order valence-corrected chi connectivity index (χ1v) is 6.55. The number of nitrogens with one attached hydrogen (secondary N) is 2. The number of benzene rings is 1. The lowest BCUT2D eigenvalue weighted by Crippen LogP contribution is -2.28. The fourth-order valence-corrected chi connectivity index (χ4v) is 2.05. The number of amides is 2. The number of hydrogen-bond donors (Lipinski definition) is 4. The van der Waals surface area contributed by atoms with Crippen molar-refractivity contribution in [2.75, 3.05) is 18.5 Å². The monoisotopic (exact) mass is 263 g/mol. The molecule has 1 aromatic carbocycles. The Kier molecular flexibility index (Phi) is 4.07. The van der Waals surface area contributed by atoms with Crippen LogP contribution < -0.4 is 16.4 Å². The topological polar surface area (TPSA) is 87.4 Å². The average molecular weight is 263 g/mol. The summed E-state index contributed by atoms with van der Waals surface area (Å²) in [4.78, 5) is 10.7. The zero-order valence-corrected chi connectivity index (χ0v) is 11.1. The highest BCUT2D eigenvalue weighted by atomic mass is 16.3. The largest absolute Gasteiger partial charge is 0.396 e. The average Bonchev–Trinajstić information content (AvgIpc) is 3.17. The summed E-state index contributed by atoms with van der Waals surface area (Å²) in [5.41, 5.74) is 7.00. The van der Waals surface area contributed by atoms with Gasteiger partial charge in [0.25, 0.3) is 0 Å². The zero-order chi connectivity index (χ0) is 13.9. The number of nitrogens with two attached hydrogens (primary N) is 1. The van der Waals surface area contributed by atoms with Crippen LogP contribution in [0.1, 0.15) is 31.4 Å². The van der Waals surface area contributed by atoms with Gasteiger partial charge in [0, 0.05) is 30.3 Å². The lowest BCUT2D eigenvalue weighted by Gasteiger charge is -2.19. The molecule has 104 valence electrons. The van der Waals surface area contributed by atoms with E-state index >= 15 is 0 Å². The Labute approximate surface area is 113 Å². The van der Waals surface area contributed by atoms with E-state index in [9.17, 15) is 9.90 Å². The summed E-state index contributed by atoms with van der Waals surface area (Å²) in [6.45, 7) is 3.18. The smallest absolute Gasteiger partial charge is 0.316 e. The molecule has 0 aliphatic heterocycles. The molecule has 1 aliphatic rings. The fraction of sp³-hybridized carbons (Fsp3) is 0.500. The van der Waals surface area contributed by atoms with E-state index < -0.39 is 6.03 Å². The molecule has 0 spiro atoms. The van der Waals surface area contributed by atoms with Gasteiger partial charge in [0.1, 0.15) is 0 Å². The van der Waals surface area contributed by atoms with Crippen LogP contribution in [-0.4, -0.2) is 24.3 Å². The molecule has 1 fully saturated rings. The molecule has 1 aromatic rings. The highest BCUT2D eigenvalue weighted by Gasteiger charge is 2.41. The number of rotatable bonds is 6. The molecular formula is C14H21N3O2. The van der Waals surface area contributed by atoms with Crippen molar-refractivity contribution in [3.63, 3.8) is 0 Å². The van der Waals surface area contributed by atoms with E-state index in [1.54, 1.807) is 0 Å². The number of carbonyl (C=O) groups is 1. The van der Waals surface area contributed by atoms with Gasteiger partial charge in [-0.2, -0.15) is 0 Å². The van der Waals surface area contributed by atoms with Crippen LogP contribution in [-0.2, 0) is 0 Å². The van der Waals surface area contributed by atoms with Crippen LogP contribution >= 0.6 is 0 Å². The molecule has 1 aliphatic carbocycles. The van der Waals surface area contributed by atoms with Gasteiger partial charge in [0.2, 0.25) is 0 Å². The molecule has 0 saturated heterocycles. The first kappa shape index (κ1) is 13.8. The van der Waals surface area contributed by atoms with Crippen molar-refractivity contribution in [2.45, 2.75) is 25.8 Å². The molecule has 1 atom stereocenters. The Morgan fingerprint density at radius 3 is 2.53 bits per heavy atom. The predicted octanol–water partition coefficient (Wildman–Crippen LogP) is 1.60. The van der Waals surface area contributed by atoms with Crippen molar-refractivity contribution in [1.82, 2.24) is 5.32 Å². The van der Waals surface area contributed by atoms with Crippen molar-refractivity contribution in [3.05, 3.63) is 29.8 Å². The van der Waals surface area contributed by atoms with Gasteiger partial charge in [0.15, 0.2) is 0 Å². The van der Waals surface area contributed by atoms with E-state index in [0.29, 0.717) is 5.69 Å². The Morgan fingerprint density at radius 1 is 1.42 bits per heavy atom. The van der Waals surface area contributed by atoms with Gasteiger partial charge in [0.05, 0.1) is 0 Å². The maximum Gasteiger partial charge on any atom is 0.316 e. The van der Waals surface area contributed by atoms with Crippen molar-refractivity contribution in [1.29, 1.82) is 0 Å². The van der Waals surface area contributed by atoms with Crippen LogP contribution in [0.25, 0.3) is 0 Å². The highest BCUT2D eigenvalue weighted by molar-refractivity contribution is 5.87. The summed E-state index contributed by atoms with van der Waals surface area (Å²) < 4.78 is 0. The second-order valence-corrected chi connectivity index (χ2v) is 5.37. The lowest BCUT2D eigenvalue weighted by molar-refractivity contribution is 0.204. The summed E-state index contributed by atoms with van der Waals surface area (Å²) in [7, 11) is 0. The Bertz CT molecular complexity index is 441. The van der Waals surface area contributed by atoms with Gasteiger partial charge >= 0.3 is 6.03 Å². The molecule has 1 saturated carbocycles. The number of primary amides is 1. The minimum absolute atomic E-state index is 0.113. The number of anilines is 1. The lowest BCUT2D eigenvalue weighted by atomic mass is 10.1. The number of hydrogen-bond acceptors (Lipinski definition) is 3. The van der Waals surface area contributed by atoms with Gasteiger partial charge < -0.3 is 21.5 Å². The Balaban J connectivity index is 1.88. The summed E-state index contributed by atoms with van der Waals surface area (Å²) in [6, 6.07) is 7.24. The maximum absolute atomic E-state index is 10.7. The molecule has 0 bridgehead atoms. The van der Waals surface area contributed by atoms with Crippen LogP contribution in [0.4, 0.5) is 10.5 Å². The highest BCUT2D eigenvalue weighted by Crippen LogP contribution is 2.44. The van der Waals surface area contributed by atoms with E-state index in [1.165, 1.54) is 0 Å². The van der Waals surface area contributed by atoms with E-state index in [2.05, 4.69) is 17.6 Å².